The van der Waals surface area contributed by atoms with Gasteiger partial charge in [0, 0.05) is 0 Å². The van der Waals surface area contributed by atoms with Crippen molar-refractivity contribution in [2.45, 2.75) is 52.9 Å². The molecule has 0 aliphatic heterocycles. The molecular formula is C14H22O. The fourth-order valence-electron chi connectivity index (χ4n) is 2.50. The first-order valence-electron chi connectivity index (χ1n) is 5.75. The summed E-state index contributed by atoms with van der Waals surface area (Å²) in [7, 11) is 0. The zero-order valence-electron chi connectivity index (χ0n) is 10.5. The van der Waals surface area contributed by atoms with Crippen molar-refractivity contribution < 1.29 is 5.11 Å². The van der Waals surface area contributed by atoms with Crippen molar-refractivity contribution in [1.82, 2.24) is 0 Å². The topological polar surface area (TPSA) is 20.2 Å². The van der Waals surface area contributed by atoms with Gasteiger partial charge in [0.2, 0.25) is 0 Å². The Kier molecular flexibility index (Phi) is 3.43. The van der Waals surface area contributed by atoms with Crippen molar-refractivity contribution in [3.8, 4) is 5.75 Å². The van der Waals surface area contributed by atoms with Gasteiger partial charge in [0.1, 0.15) is 5.75 Å². The van der Waals surface area contributed by atoms with Crippen LogP contribution in [0.5, 0.6) is 5.75 Å². The molecule has 0 aromatic heterocycles. The molecule has 0 saturated heterocycles. The van der Waals surface area contributed by atoms with Gasteiger partial charge in [-0.2, -0.15) is 0 Å². The van der Waals surface area contributed by atoms with Gasteiger partial charge < -0.3 is 5.11 Å². The number of phenolic OH excluding ortho intramolecular Hbond substituents is 1. The number of phenols is 1. The highest BCUT2D eigenvalue weighted by molar-refractivity contribution is 5.44. The van der Waals surface area contributed by atoms with E-state index in [2.05, 4.69) is 34.6 Å². The minimum absolute atomic E-state index is 0.238. The van der Waals surface area contributed by atoms with Crippen LogP contribution in [0.25, 0.3) is 0 Å². The van der Waals surface area contributed by atoms with Crippen LogP contribution >= 0.6 is 0 Å². The summed E-state index contributed by atoms with van der Waals surface area (Å²) in [4.78, 5) is 0. The molecule has 0 bridgehead atoms. The van der Waals surface area contributed by atoms with Gasteiger partial charge in [-0.1, -0.05) is 20.8 Å². The van der Waals surface area contributed by atoms with E-state index in [1.165, 1.54) is 16.7 Å². The molecule has 0 aliphatic rings. The molecule has 0 saturated carbocycles. The predicted octanol–water partition coefficient (Wildman–Crippen LogP) is 4.09. The van der Waals surface area contributed by atoms with Crippen molar-refractivity contribution in [3.05, 3.63) is 28.8 Å². The standard InChI is InChI=1S/C14H22O/c1-6-14(5,7-2)13-10(3)8-12(15)9-11(13)4/h8-9,15H,6-7H2,1-5H3. The summed E-state index contributed by atoms with van der Waals surface area (Å²) in [5.74, 6) is 0.378. The van der Waals surface area contributed by atoms with Crippen molar-refractivity contribution >= 4 is 0 Å². The van der Waals surface area contributed by atoms with Gasteiger partial charge in [0.15, 0.2) is 0 Å². The summed E-state index contributed by atoms with van der Waals surface area (Å²) in [5, 5.41) is 9.53. The number of hydrogen-bond donors (Lipinski definition) is 1. The second-order valence-corrected chi connectivity index (χ2v) is 4.72. The van der Waals surface area contributed by atoms with Crippen molar-refractivity contribution in [1.29, 1.82) is 0 Å². The Bertz CT molecular complexity index is 325. The summed E-state index contributed by atoms with van der Waals surface area (Å²) in [6.45, 7) is 10.9. The van der Waals surface area contributed by atoms with Crippen LogP contribution in [0.4, 0.5) is 0 Å². The van der Waals surface area contributed by atoms with Gasteiger partial charge in [-0.05, 0) is 60.9 Å². The Hall–Kier alpha value is -0.980. The number of benzene rings is 1. The van der Waals surface area contributed by atoms with Crippen molar-refractivity contribution in [2.75, 3.05) is 0 Å². The Morgan fingerprint density at radius 1 is 1.07 bits per heavy atom. The summed E-state index contributed by atoms with van der Waals surface area (Å²) < 4.78 is 0. The zero-order chi connectivity index (χ0) is 11.6. The molecule has 1 rings (SSSR count). The Balaban J connectivity index is 3.36. The summed E-state index contributed by atoms with van der Waals surface area (Å²) in [5.41, 5.74) is 4.06. The molecule has 0 unspecified atom stereocenters. The van der Waals surface area contributed by atoms with E-state index in [-0.39, 0.29) is 5.41 Å². The number of aromatic hydroxyl groups is 1. The van der Waals surface area contributed by atoms with Gasteiger partial charge >= 0.3 is 0 Å². The van der Waals surface area contributed by atoms with Crippen LogP contribution in [0.15, 0.2) is 12.1 Å². The number of aryl methyl sites for hydroxylation is 2. The van der Waals surface area contributed by atoms with E-state index in [1.54, 1.807) is 0 Å². The maximum atomic E-state index is 9.53. The Labute approximate surface area is 93.1 Å². The minimum Gasteiger partial charge on any atom is -0.508 e. The second kappa shape index (κ2) is 4.26. The lowest BCUT2D eigenvalue weighted by molar-refractivity contribution is 0.431. The molecule has 0 heterocycles. The average Bonchev–Trinajstić information content (AvgIpc) is 2.15. The van der Waals surface area contributed by atoms with E-state index < -0.39 is 0 Å². The molecular weight excluding hydrogens is 184 g/mol. The molecule has 0 fully saturated rings. The normalized spacial score (nSPS) is 11.8. The first-order chi connectivity index (χ1) is 6.94. The fraction of sp³-hybridized carbons (Fsp3) is 0.571. The van der Waals surface area contributed by atoms with Gasteiger partial charge in [0.25, 0.3) is 0 Å². The minimum atomic E-state index is 0.238. The molecule has 1 nitrogen and oxygen atoms in total. The smallest absolute Gasteiger partial charge is 0.116 e. The van der Waals surface area contributed by atoms with Crippen molar-refractivity contribution in [2.24, 2.45) is 0 Å². The van der Waals surface area contributed by atoms with Gasteiger partial charge in [-0.3, -0.25) is 0 Å². The molecule has 84 valence electrons. The first kappa shape index (κ1) is 12.1. The fourth-order valence-corrected chi connectivity index (χ4v) is 2.50. The Morgan fingerprint density at radius 3 is 1.80 bits per heavy atom. The maximum Gasteiger partial charge on any atom is 0.116 e. The van der Waals surface area contributed by atoms with Gasteiger partial charge in [-0.25, -0.2) is 0 Å². The lowest BCUT2D eigenvalue weighted by atomic mass is 9.74. The molecule has 0 aliphatic carbocycles. The number of hydrogen-bond acceptors (Lipinski definition) is 1. The van der Waals surface area contributed by atoms with E-state index in [0.717, 1.165) is 12.8 Å². The third kappa shape index (κ3) is 2.17. The highest BCUT2D eigenvalue weighted by Gasteiger charge is 2.25. The predicted molar refractivity (Wildman–Crippen MR) is 65.5 cm³/mol. The molecule has 1 N–H and O–H groups in total. The van der Waals surface area contributed by atoms with Gasteiger partial charge in [0.05, 0.1) is 0 Å². The van der Waals surface area contributed by atoms with Crippen LogP contribution in [0, 0.1) is 13.8 Å². The molecule has 0 amide bonds. The van der Waals surface area contributed by atoms with E-state index in [1.807, 2.05) is 12.1 Å². The van der Waals surface area contributed by atoms with Gasteiger partial charge in [-0.15, -0.1) is 0 Å². The first-order valence-corrected chi connectivity index (χ1v) is 5.75. The van der Waals surface area contributed by atoms with E-state index >= 15 is 0 Å². The summed E-state index contributed by atoms with van der Waals surface area (Å²) in [6.07, 6.45) is 2.27. The van der Waals surface area contributed by atoms with Crippen LogP contribution in [-0.4, -0.2) is 5.11 Å². The molecule has 0 atom stereocenters. The lowest BCUT2D eigenvalue weighted by Crippen LogP contribution is -2.22. The highest BCUT2D eigenvalue weighted by Crippen LogP contribution is 2.36. The molecule has 1 aromatic rings. The maximum absolute atomic E-state index is 9.53. The van der Waals surface area contributed by atoms with Crippen LogP contribution in [-0.2, 0) is 5.41 Å². The molecule has 15 heavy (non-hydrogen) atoms. The SMILES string of the molecule is CCC(C)(CC)c1c(C)cc(O)cc1C. The van der Waals surface area contributed by atoms with Crippen molar-refractivity contribution in [3.63, 3.8) is 0 Å². The van der Waals surface area contributed by atoms with E-state index in [9.17, 15) is 5.11 Å². The summed E-state index contributed by atoms with van der Waals surface area (Å²) in [6, 6.07) is 3.73. The third-order valence-corrected chi connectivity index (χ3v) is 3.68. The molecule has 0 spiro atoms. The van der Waals surface area contributed by atoms with E-state index in [0.29, 0.717) is 5.75 Å². The van der Waals surface area contributed by atoms with Crippen LogP contribution in [0.1, 0.15) is 50.3 Å². The van der Waals surface area contributed by atoms with Crippen LogP contribution < -0.4 is 0 Å². The lowest BCUT2D eigenvalue weighted by Gasteiger charge is -2.31. The molecule has 0 radical (unpaired) electrons. The highest BCUT2D eigenvalue weighted by atomic mass is 16.3. The monoisotopic (exact) mass is 206 g/mol. The second-order valence-electron chi connectivity index (χ2n) is 4.72. The molecule has 1 aromatic carbocycles. The van der Waals surface area contributed by atoms with E-state index in [4.69, 9.17) is 0 Å². The quantitative estimate of drug-likeness (QED) is 0.789. The number of rotatable bonds is 3. The third-order valence-electron chi connectivity index (χ3n) is 3.68. The van der Waals surface area contributed by atoms with Crippen LogP contribution in [0.2, 0.25) is 0 Å². The Morgan fingerprint density at radius 2 is 1.47 bits per heavy atom. The largest absolute Gasteiger partial charge is 0.508 e. The average molecular weight is 206 g/mol. The zero-order valence-corrected chi connectivity index (χ0v) is 10.5. The molecule has 1 heteroatoms. The summed E-state index contributed by atoms with van der Waals surface area (Å²) >= 11 is 0. The van der Waals surface area contributed by atoms with Crippen LogP contribution in [0.3, 0.4) is 0 Å².